The van der Waals surface area contributed by atoms with Gasteiger partial charge in [0.05, 0.1) is 0 Å². The smallest absolute Gasteiger partial charge is 0.255 e. The summed E-state index contributed by atoms with van der Waals surface area (Å²) < 4.78 is 0. The Morgan fingerprint density at radius 1 is 0.636 bits per heavy atom. The minimum Gasteiger partial charge on any atom is -0.322 e. The lowest BCUT2D eigenvalue weighted by atomic mass is 9.79. The van der Waals surface area contributed by atoms with Gasteiger partial charge in [0.15, 0.2) is 0 Å². The fourth-order valence-electron chi connectivity index (χ4n) is 3.47. The van der Waals surface area contributed by atoms with Crippen molar-refractivity contribution in [1.82, 2.24) is 0 Å². The molecule has 0 fully saturated rings. The first-order valence-electron chi connectivity index (χ1n) is 11.3. The van der Waals surface area contributed by atoms with Gasteiger partial charge < -0.3 is 10.6 Å². The van der Waals surface area contributed by atoms with Crippen molar-refractivity contribution < 1.29 is 9.59 Å². The Balaban J connectivity index is 1.85. The molecule has 0 atom stereocenters. The van der Waals surface area contributed by atoms with Crippen LogP contribution in [-0.4, -0.2) is 11.8 Å². The maximum atomic E-state index is 13.2. The summed E-state index contributed by atoms with van der Waals surface area (Å²) in [5, 5.41) is 5.90. The van der Waals surface area contributed by atoms with Crippen LogP contribution in [0.25, 0.3) is 0 Å². The lowest BCUT2D eigenvalue weighted by Gasteiger charge is -2.26. The van der Waals surface area contributed by atoms with E-state index in [9.17, 15) is 9.59 Å². The number of hydrogen-bond donors (Lipinski definition) is 2. The van der Waals surface area contributed by atoms with Gasteiger partial charge in [-0.3, -0.25) is 9.59 Å². The molecule has 0 unspecified atom stereocenters. The highest BCUT2D eigenvalue weighted by Gasteiger charge is 2.22. The Morgan fingerprint density at radius 2 is 1.21 bits per heavy atom. The van der Waals surface area contributed by atoms with Crippen LogP contribution in [-0.2, 0) is 10.8 Å². The largest absolute Gasteiger partial charge is 0.322 e. The Labute approximate surface area is 197 Å². The molecule has 3 rings (SSSR count). The van der Waals surface area contributed by atoms with Crippen molar-refractivity contribution in [2.24, 2.45) is 0 Å². The van der Waals surface area contributed by atoms with Crippen LogP contribution >= 0.6 is 0 Å². The molecule has 0 aliphatic heterocycles. The van der Waals surface area contributed by atoms with E-state index in [0.717, 1.165) is 22.4 Å². The molecule has 0 spiro atoms. The van der Waals surface area contributed by atoms with Crippen molar-refractivity contribution in [2.45, 2.75) is 59.3 Å². The molecule has 3 aromatic carbocycles. The SMILES string of the molecule is Cc1ccccc1NC(=O)c1cccc(NC(=O)c2cc(C(C)(C)C)cc(C(C)(C)C)c2)c1. The second-order valence-electron chi connectivity index (χ2n) is 10.6. The number of benzene rings is 3. The van der Waals surface area contributed by atoms with E-state index in [-0.39, 0.29) is 22.6 Å². The van der Waals surface area contributed by atoms with Gasteiger partial charge in [0.25, 0.3) is 11.8 Å². The number of anilines is 2. The second kappa shape index (κ2) is 9.22. The zero-order valence-electron chi connectivity index (χ0n) is 20.7. The van der Waals surface area contributed by atoms with E-state index >= 15 is 0 Å². The number of amides is 2. The highest BCUT2D eigenvalue weighted by Crippen LogP contribution is 2.30. The van der Waals surface area contributed by atoms with E-state index in [1.165, 1.54) is 0 Å². The summed E-state index contributed by atoms with van der Waals surface area (Å²) in [7, 11) is 0. The standard InChI is InChI=1S/C29H34N2O2/c1-19-11-8-9-14-25(19)31-26(32)20-12-10-13-24(17-20)30-27(33)21-15-22(28(2,3)4)18-23(16-21)29(5,6)7/h8-18H,1-7H3,(H,30,33)(H,31,32). The van der Waals surface area contributed by atoms with Crippen LogP contribution in [0.1, 0.15) is 78.9 Å². The van der Waals surface area contributed by atoms with E-state index in [0.29, 0.717) is 16.8 Å². The molecular formula is C29H34N2O2. The zero-order valence-corrected chi connectivity index (χ0v) is 20.7. The first-order chi connectivity index (χ1) is 15.3. The summed E-state index contributed by atoms with van der Waals surface area (Å²) in [5.74, 6) is -0.409. The van der Waals surface area contributed by atoms with Crippen LogP contribution in [0.5, 0.6) is 0 Å². The highest BCUT2D eigenvalue weighted by atomic mass is 16.2. The average molecular weight is 443 g/mol. The quantitative estimate of drug-likeness (QED) is 0.453. The van der Waals surface area contributed by atoms with Gasteiger partial charge in [0.2, 0.25) is 0 Å². The fourth-order valence-corrected chi connectivity index (χ4v) is 3.47. The molecule has 0 aliphatic rings. The molecule has 4 nitrogen and oxygen atoms in total. The minimum absolute atomic E-state index is 0.0795. The third kappa shape index (κ3) is 6.10. The Kier molecular flexibility index (Phi) is 6.78. The van der Waals surface area contributed by atoms with E-state index in [4.69, 9.17) is 0 Å². The summed E-state index contributed by atoms with van der Waals surface area (Å²) in [6.45, 7) is 14.8. The van der Waals surface area contributed by atoms with E-state index < -0.39 is 0 Å². The van der Waals surface area contributed by atoms with Gasteiger partial charge in [-0.05, 0) is 70.8 Å². The summed E-state index contributed by atoms with van der Waals surface area (Å²) in [4.78, 5) is 25.9. The molecule has 0 radical (unpaired) electrons. The molecule has 0 aromatic heterocycles. The summed E-state index contributed by atoms with van der Waals surface area (Å²) in [6, 6.07) is 20.7. The maximum Gasteiger partial charge on any atom is 0.255 e. The number of rotatable bonds is 4. The number of carbonyl (C=O) groups is 2. The molecule has 33 heavy (non-hydrogen) atoms. The van der Waals surface area contributed by atoms with Crippen LogP contribution in [0.2, 0.25) is 0 Å². The molecule has 172 valence electrons. The van der Waals surface area contributed by atoms with Crippen molar-refractivity contribution in [3.8, 4) is 0 Å². The van der Waals surface area contributed by atoms with Crippen molar-refractivity contribution in [3.05, 3.63) is 94.5 Å². The number of carbonyl (C=O) groups excluding carboxylic acids is 2. The number of para-hydroxylation sites is 1. The van der Waals surface area contributed by atoms with E-state index in [2.05, 4.69) is 58.2 Å². The van der Waals surface area contributed by atoms with Gasteiger partial charge in [-0.15, -0.1) is 0 Å². The molecule has 2 N–H and O–H groups in total. The molecule has 2 amide bonds. The van der Waals surface area contributed by atoms with Crippen LogP contribution in [0.3, 0.4) is 0 Å². The normalized spacial score (nSPS) is 11.7. The van der Waals surface area contributed by atoms with Crippen molar-refractivity contribution in [3.63, 3.8) is 0 Å². The molecule has 0 bridgehead atoms. The average Bonchev–Trinajstić information content (AvgIpc) is 2.74. The number of hydrogen-bond acceptors (Lipinski definition) is 2. The van der Waals surface area contributed by atoms with Crippen LogP contribution in [0.4, 0.5) is 11.4 Å². The molecule has 3 aromatic rings. The Hall–Kier alpha value is -3.40. The summed E-state index contributed by atoms with van der Waals surface area (Å²) in [6.07, 6.45) is 0. The number of aryl methyl sites for hydroxylation is 1. The lowest BCUT2D eigenvalue weighted by Crippen LogP contribution is -2.20. The Bertz CT molecular complexity index is 1150. The monoisotopic (exact) mass is 442 g/mol. The van der Waals surface area contributed by atoms with E-state index in [1.807, 2.05) is 43.3 Å². The summed E-state index contributed by atoms with van der Waals surface area (Å²) in [5.41, 5.74) is 5.51. The minimum atomic E-state index is -0.217. The molecule has 4 heteroatoms. The van der Waals surface area contributed by atoms with Crippen molar-refractivity contribution in [2.75, 3.05) is 10.6 Å². The Morgan fingerprint density at radius 3 is 1.79 bits per heavy atom. The van der Waals surface area contributed by atoms with Crippen LogP contribution in [0, 0.1) is 6.92 Å². The molecule has 0 saturated carbocycles. The molecule has 0 saturated heterocycles. The molecular weight excluding hydrogens is 408 g/mol. The van der Waals surface area contributed by atoms with Gasteiger partial charge >= 0.3 is 0 Å². The zero-order chi connectivity index (χ0) is 24.4. The number of nitrogens with one attached hydrogen (secondary N) is 2. The fraction of sp³-hybridized carbons (Fsp3) is 0.310. The third-order valence-electron chi connectivity index (χ3n) is 5.70. The first kappa shape index (κ1) is 24.2. The van der Waals surface area contributed by atoms with Gasteiger partial charge in [-0.1, -0.05) is 71.9 Å². The van der Waals surface area contributed by atoms with Gasteiger partial charge in [-0.25, -0.2) is 0 Å². The van der Waals surface area contributed by atoms with Gasteiger partial charge in [-0.2, -0.15) is 0 Å². The van der Waals surface area contributed by atoms with Gasteiger partial charge in [0, 0.05) is 22.5 Å². The van der Waals surface area contributed by atoms with Crippen molar-refractivity contribution >= 4 is 23.2 Å². The van der Waals surface area contributed by atoms with Crippen LogP contribution < -0.4 is 10.6 Å². The predicted octanol–water partition coefficient (Wildman–Crippen LogP) is 7.09. The van der Waals surface area contributed by atoms with E-state index in [1.54, 1.807) is 24.3 Å². The highest BCUT2D eigenvalue weighted by molar-refractivity contribution is 6.07. The lowest BCUT2D eigenvalue weighted by molar-refractivity contribution is 0.101. The van der Waals surface area contributed by atoms with Gasteiger partial charge in [0.1, 0.15) is 0 Å². The predicted molar refractivity (Wildman–Crippen MR) is 137 cm³/mol. The van der Waals surface area contributed by atoms with Crippen molar-refractivity contribution in [1.29, 1.82) is 0 Å². The second-order valence-corrected chi connectivity index (χ2v) is 10.6. The summed E-state index contributed by atoms with van der Waals surface area (Å²) >= 11 is 0. The molecule has 0 aliphatic carbocycles. The topological polar surface area (TPSA) is 58.2 Å². The van der Waals surface area contributed by atoms with Crippen LogP contribution in [0.15, 0.2) is 66.7 Å². The molecule has 0 heterocycles. The maximum absolute atomic E-state index is 13.2. The first-order valence-corrected chi connectivity index (χ1v) is 11.3. The third-order valence-corrected chi connectivity index (χ3v) is 5.70.